The van der Waals surface area contributed by atoms with E-state index in [1.807, 2.05) is 30.3 Å². The average molecular weight is 464 g/mol. The Morgan fingerprint density at radius 2 is 2.06 bits per heavy atom. The molecule has 34 heavy (non-hydrogen) atoms. The van der Waals surface area contributed by atoms with Crippen molar-refractivity contribution in [2.24, 2.45) is 11.6 Å². The third-order valence-electron chi connectivity index (χ3n) is 6.02. The number of rotatable bonds is 10. The van der Waals surface area contributed by atoms with Crippen LogP contribution in [0.3, 0.4) is 0 Å². The molecule has 1 fully saturated rings. The molecule has 0 radical (unpaired) electrons. The Hall–Kier alpha value is -3.85. The van der Waals surface area contributed by atoms with E-state index in [-0.39, 0.29) is 30.8 Å². The van der Waals surface area contributed by atoms with E-state index in [2.05, 4.69) is 5.32 Å². The molecule has 0 aromatic heterocycles. The monoisotopic (exact) mass is 463 g/mol. The first-order valence-corrected chi connectivity index (χ1v) is 11.3. The van der Waals surface area contributed by atoms with E-state index in [0.29, 0.717) is 35.5 Å². The predicted octanol–water partition coefficient (Wildman–Crippen LogP) is 1.91. The Bertz CT molecular complexity index is 1130. The van der Waals surface area contributed by atoms with Crippen molar-refractivity contribution in [2.75, 3.05) is 12.1 Å². The van der Waals surface area contributed by atoms with Gasteiger partial charge in [0.05, 0.1) is 23.5 Å². The summed E-state index contributed by atoms with van der Waals surface area (Å²) in [6.07, 6.45) is 5.05. The molecule has 2 aromatic carbocycles. The zero-order valence-corrected chi connectivity index (χ0v) is 19.1. The SMILES string of the molecule is CNC(=O)CCC(C=O)N1Cc2ccc(N(N)/C=C(\N)c3ccccc3OC3CC3)cc2C1=O. The largest absolute Gasteiger partial charge is 0.490 e. The van der Waals surface area contributed by atoms with E-state index in [9.17, 15) is 14.4 Å². The van der Waals surface area contributed by atoms with Gasteiger partial charge in [-0.2, -0.15) is 0 Å². The molecule has 0 bridgehead atoms. The van der Waals surface area contributed by atoms with Crippen LogP contribution in [-0.4, -0.2) is 42.2 Å². The third kappa shape index (κ3) is 5.04. The number of ether oxygens (including phenoxy) is 1. The van der Waals surface area contributed by atoms with Crippen LogP contribution in [0, 0.1) is 0 Å². The van der Waals surface area contributed by atoms with Crippen LogP contribution < -0.4 is 26.6 Å². The highest BCUT2D eigenvalue weighted by Crippen LogP contribution is 2.32. The summed E-state index contributed by atoms with van der Waals surface area (Å²) < 4.78 is 5.94. The van der Waals surface area contributed by atoms with Gasteiger partial charge in [0, 0.05) is 37.3 Å². The van der Waals surface area contributed by atoms with Gasteiger partial charge < -0.3 is 25.5 Å². The second-order valence-electron chi connectivity index (χ2n) is 8.49. The molecule has 2 amide bonds. The van der Waals surface area contributed by atoms with Crippen LogP contribution >= 0.6 is 0 Å². The van der Waals surface area contributed by atoms with Crippen molar-refractivity contribution in [3.05, 3.63) is 65.4 Å². The number of para-hydroxylation sites is 1. The minimum atomic E-state index is -0.673. The maximum absolute atomic E-state index is 13.0. The van der Waals surface area contributed by atoms with Crippen LogP contribution in [0.5, 0.6) is 5.75 Å². The summed E-state index contributed by atoms with van der Waals surface area (Å²) in [5, 5.41) is 3.89. The Labute approximate surface area is 198 Å². The number of nitrogens with zero attached hydrogens (tertiary/aromatic N) is 2. The van der Waals surface area contributed by atoms with E-state index in [1.165, 1.54) is 17.0 Å². The predicted molar refractivity (Wildman–Crippen MR) is 128 cm³/mol. The molecule has 5 N–H and O–H groups in total. The molecule has 178 valence electrons. The molecule has 1 aliphatic heterocycles. The first-order valence-electron chi connectivity index (χ1n) is 11.3. The topological polar surface area (TPSA) is 131 Å². The van der Waals surface area contributed by atoms with Gasteiger partial charge in [0.25, 0.3) is 5.91 Å². The van der Waals surface area contributed by atoms with Gasteiger partial charge in [0.15, 0.2) is 0 Å². The van der Waals surface area contributed by atoms with Crippen LogP contribution in [0.1, 0.15) is 47.2 Å². The third-order valence-corrected chi connectivity index (χ3v) is 6.02. The maximum atomic E-state index is 13.0. The second kappa shape index (κ2) is 9.96. The number of amides is 2. The lowest BCUT2D eigenvalue weighted by Crippen LogP contribution is -2.37. The van der Waals surface area contributed by atoms with Crippen molar-refractivity contribution in [3.8, 4) is 5.75 Å². The van der Waals surface area contributed by atoms with Crippen LogP contribution in [-0.2, 0) is 16.1 Å². The molecule has 0 spiro atoms. The summed E-state index contributed by atoms with van der Waals surface area (Å²) >= 11 is 0. The number of benzene rings is 2. The fourth-order valence-electron chi connectivity index (χ4n) is 3.91. The minimum absolute atomic E-state index is 0.165. The zero-order chi connectivity index (χ0) is 24.2. The molecule has 0 saturated heterocycles. The first kappa shape index (κ1) is 23.3. The summed E-state index contributed by atoms with van der Waals surface area (Å²) in [7, 11) is 1.54. The zero-order valence-electron chi connectivity index (χ0n) is 19.1. The number of hydrogen-bond donors (Lipinski definition) is 3. The normalized spacial score (nSPS) is 16.1. The van der Waals surface area contributed by atoms with Crippen LogP contribution in [0.2, 0.25) is 0 Å². The van der Waals surface area contributed by atoms with Crippen molar-refractivity contribution < 1.29 is 19.1 Å². The second-order valence-corrected chi connectivity index (χ2v) is 8.49. The molecule has 9 nitrogen and oxygen atoms in total. The van der Waals surface area contributed by atoms with Crippen molar-refractivity contribution >= 4 is 29.5 Å². The number of hydrogen-bond acceptors (Lipinski definition) is 7. The lowest BCUT2D eigenvalue weighted by atomic mass is 10.1. The van der Waals surface area contributed by atoms with E-state index < -0.39 is 6.04 Å². The number of aldehydes is 1. The fourth-order valence-corrected chi connectivity index (χ4v) is 3.91. The van der Waals surface area contributed by atoms with Gasteiger partial charge in [-0.15, -0.1) is 0 Å². The molecule has 1 aliphatic carbocycles. The standard InChI is InChI=1S/C25H29N5O4/c1-28-24(32)11-8-18(15-31)29-13-16-6-7-17(12-21(16)25(29)33)30(27)14-22(26)20-4-2-3-5-23(20)34-19-9-10-19/h2-7,12,14-15,18-19H,8-11,13,26-27H2,1H3,(H,28,32)/b22-14-. The number of hydrazine groups is 1. The minimum Gasteiger partial charge on any atom is -0.490 e. The van der Waals surface area contributed by atoms with Crippen molar-refractivity contribution in [1.29, 1.82) is 0 Å². The van der Waals surface area contributed by atoms with Gasteiger partial charge in [0.1, 0.15) is 12.0 Å². The summed E-state index contributed by atoms with van der Waals surface area (Å²) in [6, 6.07) is 12.2. The molecule has 1 saturated carbocycles. The molecule has 4 rings (SSSR count). The smallest absolute Gasteiger partial charge is 0.255 e. The lowest BCUT2D eigenvalue weighted by Gasteiger charge is -2.22. The van der Waals surface area contributed by atoms with E-state index in [1.54, 1.807) is 18.3 Å². The molecule has 1 atom stereocenters. The van der Waals surface area contributed by atoms with Gasteiger partial charge in [-0.3, -0.25) is 14.6 Å². The fraction of sp³-hybridized carbons (Fsp3) is 0.320. The summed E-state index contributed by atoms with van der Waals surface area (Å²) in [6.45, 7) is 0.306. The average Bonchev–Trinajstić information content (AvgIpc) is 3.61. The highest BCUT2D eigenvalue weighted by molar-refractivity contribution is 6.00. The summed E-state index contributed by atoms with van der Waals surface area (Å²) in [5.74, 6) is 6.54. The van der Waals surface area contributed by atoms with E-state index in [4.69, 9.17) is 16.3 Å². The number of carbonyl (C=O) groups excluding carboxylic acids is 3. The van der Waals surface area contributed by atoms with Crippen LogP contribution in [0.15, 0.2) is 48.7 Å². The summed E-state index contributed by atoms with van der Waals surface area (Å²) in [5.41, 5.74) is 9.36. The van der Waals surface area contributed by atoms with Gasteiger partial charge >= 0.3 is 0 Å². The number of anilines is 1. The van der Waals surface area contributed by atoms with Crippen molar-refractivity contribution in [1.82, 2.24) is 10.2 Å². The number of fused-ring (bicyclic) bond motifs is 1. The Morgan fingerprint density at radius 1 is 1.29 bits per heavy atom. The quantitative estimate of drug-likeness (QED) is 0.279. The molecular formula is C25H29N5O4. The molecule has 1 unspecified atom stereocenters. The maximum Gasteiger partial charge on any atom is 0.255 e. The van der Waals surface area contributed by atoms with Gasteiger partial charge in [0.2, 0.25) is 5.91 Å². The summed E-state index contributed by atoms with van der Waals surface area (Å²) in [4.78, 5) is 37.7. The van der Waals surface area contributed by atoms with E-state index >= 15 is 0 Å². The van der Waals surface area contributed by atoms with E-state index in [0.717, 1.165) is 24.0 Å². The first-order chi connectivity index (χ1) is 16.4. The van der Waals surface area contributed by atoms with Gasteiger partial charge in [-0.25, -0.2) is 5.84 Å². The number of nitrogens with one attached hydrogen (secondary N) is 1. The molecular weight excluding hydrogens is 434 g/mol. The highest BCUT2D eigenvalue weighted by Gasteiger charge is 2.33. The number of nitrogens with two attached hydrogens (primary N) is 2. The van der Waals surface area contributed by atoms with Crippen molar-refractivity contribution in [2.45, 2.75) is 44.4 Å². The van der Waals surface area contributed by atoms with Crippen LogP contribution in [0.4, 0.5) is 5.69 Å². The Balaban J connectivity index is 1.50. The molecule has 2 aromatic rings. The molecule has 1 heterocycles. The number of carbonyl (C=O) groups is 3. The van der Waals surface area contributed by atoms with Crippen molar-refractivity contribution in [3.63, 3.8) is 0 Å². The van der Waals surface area contributed by atoms with Gasteiger partial charge in [-0.05, 0) is 49.1 Å². The Kier molecular flexibility index (Phi) is 6.83. The molecule has 2 aliphatic rings. The molecule has 9 heteroatoms. The Morgan fingerprint density at radius 3 is 2.76 bits per heavy atom. The van der Waals surface area contributed by atoms with Gasteiger partial charge in [-0.1, -0.05) is 18.2 Å². The van der Waals surface area contributed by atoms with Crippen LogP contribution in [0.25, 0.3) is 5.70 Å². The highest BCUT2D eigenvalue weighted by atomic mass is 16.5. The lowest BCUT2D eigenvalue weighted by molar-refractivity contribution is -0.121.